The highest BCUT2D eigenvalue weighted by atomic mass is 16.2. The van der Waals surface area contributed by atoms with Gasteiger partial charge in [-0.1, -0.05) is 98.8 Å². The van der Waals surface area contributed by atoms with E-state index in [9.17, 15) is 4.79 Å². The molecule has 2 aromatic carbocycles. The van der Waals surface area contributed by atoms with Crippen molar-refractivity contribution in [3.05, 3.63) is 107 Å². The molecule has 0 unspecified atom stereocenters. The minimum atomic E-state index is -0.213. The normalized spacial score (nSPS) is 13.8. The van der Waals surface area contributed by atoms with Gasteiger partial charge in [0.15, 0.2) is 0 Å². The minimum absolute atomic E-state index is 0.0641. The Morgan fingerprint density at radius 2 is 1.37 bits per heavy atom. The number of hydrogen-bond donors (Lipinski definition) is 1. The molecule has 2 aromatic rings. The fourth-order valence-corrected chi connectivity index (χ4v) is 3.74. The summed E-state index contributed by atoms with van der Waals surface area (Å²) in [6, 6.07) is 20.6. The van der Waals surface area contributed by atoms with E-state index < -0.39 is 0 Å². The van der Waals surface area contributed by atoms with Crippen LogP contribution >= 0.6 is 0 Å². The first-order valence-corrected chi connectivity index (χ1v) is 10.7. The number of nitrogens with zero attached hydrogens (tertiary/aromatic N) is 1. The fourth-order valence-electron chi connectivity index (χ4n) is 3.74. The van der Waals surface area contributed by atoms with Crippen molar-refractivity contribution >= 4 is 5.91 Å². The second-order valence-corrected chi connectivity index (χ2v) is 8.31. The van der Waals surface area contributed by atoms with Crippen LogP contribution in [0.5, 0.6) is 0 Å². The van der Waals surface area contributed by atoms with Gasteiger partial charge >= 0.3 is 0 Å². The van der Waals surface area contributed by atoms with Crippen LogP contribution in [-0.4, -0.2) is 16.8 Å². The van der Waals surface area contributed by atoms with Crippen LogP contribution in [0.15, 0.2) is 96.2 Å². The van der Waals surface area contributed by atoms with Crippen LogP contribution in [0.1, 0.15) is 38.3 Å². The lowest BCUT2D eigenvalue weighted by molar-refractivity contribution is -0.126. The molecule has 0 spiro atoms. The van der Waals surface area contributed by atoms with E-state index in [2.05, 4.69) is 72.6 Å². The fraction of sp³-hybridized carbons (Fsp3) is 0.296. The van der Waals surface area contributed by atoms with Crippen molar-refractivity contribution in [1.29, 1.82) is 0 Å². The minimum Gasteiger partial charge on any atom is -0.328 e. The van der Waals surface area contributed by atoms with Gasteiger partial charge in [-0.2, -0.15) is 0 Å². The first-order valence-electron chi connectivity index (χ1n) is 10.7. The third kappa shape index (κ3) is 6.30. The number of allylic oxidation sites excluding steroid dienone is 6. The van der Waals surface area contributed by atoms with Crippen LogP contribution in [0, 0.1) is 5.92 Å². The van der Waals surface area contributed by atoms with Crippen molar-refractivity contribution in [3.8, 4) is 0 Å². The molecule has 3 rings (SSSR count). The quantitative estimate of drug-likeness (QED) is 0.592. The summed E-state index contributed by atoms with van der Waals surface area (Å²) in [6.45, 7) is 7.79. The van der Waals surface area contributed by atoms with E-state index in [-0.39, 0.29) is 11.9 Å². The van der Waals surface area contributed by atoms with Gasteiger partial charge in [0.25, 0.3) is 0 Å². The van der Waals surface area contributed by atoms with E-state index in [1.165, 1.54) is 11.1 Å². The highest BCUT2D eigenvalue weighted by Crippen LogP contribution is 2.20. The second-order valence-electron chi connectivity index (χ2n) is 8.31. The average molecular weight is 401 g/mol. The van der Waals surface area contributed by atoms with Crippen LogP contribution in [-0.2, 0) is 17.9 Å². The summed E-state index contributed by atoms with van der Waals surface area (Å²) < 4.78 is 0. The van der Waals surface area contributed by atoms with E-state index in [0.29, 0.717) is 5.92 Å². The van der Waals surface area contributed by atoms with Gasteiger partial charge in [0, 0.05) is 18.8 Å². The van der Waals surface area contributed by atoms with Gasteiger partial charge in [-0.3, -0.25) is 9.69 Å². The molecule has 0 saturated heterocycles. The first-order chi connectivity index (χ1) is 14.5. The molecule has 0 aromatic heterocycles. The molecule has 1 aliphatic rings. The van der Waals surface area contributed by atoms with Crippen LogP contribution < -0.4 is 5.32 Å². The Bertz CT molecular complexity index is 855. The third-order valence-electron chi connectivity index (χ3n) is 5.30. The Hall–Kier alpha value is -2.91. The molecule has 1 amide bonds. The molecule has 3 heteroatoms. The molecule has 0 fully saturated rings. The van der Waals surface area contributed by atoms with E-state index in [4.69, 9.17) is 0 Å². The van der Waals surface area contributed by atoms with E-state index >= 15 is 0 Å². The molecule has 30 heavy (non-hydrogen) atoms. The molecule has 1 aliphatic carbocycles. The number of amides is 1. The SMILES string of the molecule is CC(NC(=O)[C@H](CC(C)C)N(Cc1ccccc1)Cc1ccccc1)=C1C=CC=C1. The zero-order valence-electron chi connectivity index (χ0n) is 18.2. The number of benzene rings is 2. The van der Waals surface area contributed by atoms with Crippen LogP contribution in [0.2, 0.25) is 0 Å². The number of carbonyl (C=O) groups excluding carboxylic acids is 1. The van der Waals surface area contributed by atoms with Gasteiger partial charge in [-0.05, 0) is 36.0 Å². The smallest absolute Gasteiger partial charge is 0.241 e. The van der Waals surface area contributed by atoms with E-state index in [1.54, 1.807) is 0 Å². The number of carbonyl (C=O) groups is 1. The standard InChI is InChI=1S/C27H32N2O/c1-21(2)18-26(27(30)28-22(3)25-16-10-11-17-25)29(19-23-12-6-4-7-13-23)20-24-14-8-5-9-15-24/h4-17,21,26H,18-20H2,1-3H3,(H,28,30)/t26-/m0/s1. The van der Waals surface area contributed by atoms with Crippen molar-refractivity contribution in [2.24, 2.45) is 5.92 Å². The summed E-state index contributed by atoms with van der Waals surface area (Å²) in [5.41, 5.74) is 4.39. The summed E-state index contributed by atoms with van der Waals surface area (Å²) in [5.74, 6) is 0.475. The largest absolute Gasteiger partial charge is 0.328 e. The summed E-state index contributed by atoms with van der Waals surface area (Å²) >= 11 is 0. The highest BCUT2D eigenvalue weighted by Gasteiger charge is 2.27. The van der Waals surface area contributed by atoms with Crippen molar-refractivity contribution in [1.82, 2.24) is 10.2 Å². The van der Waals surface area contributed by atoms with Gasteiger partial charge < -0.3 is 5.32 Å². The zero-order valence-corrected chi connectivity index (χ0v) is 18.2. The molecule has 0 bridgehead atoms. The Morgan fingerprint density at radius 1 is 0.867 bits per heavy atom. The molecule has 0 radical (unpaired) electrons. The Morgan fingerprint density at radius 3 is 1.83 bits per heavy atom. The van der Waals surface area contributed by atoms with Gasteiger partial charge in [0.05, 0.1) is 6.04 Å². The average Bonchev–Trinajstić information content (AvgIpc) is 3.28. The molecule has 1 atom stereocenters. The number of hydrogen-bond acceptors (Lipinski definition) is 2. The van der Waals surface area contributed by atoms with E-state index in [1.807, 2.05) is 43.4 Å². The summed E-state index contributed by atoms with van der Waals surface area (Å²) in [4.78, 5) is 15.7. The van der Waals surface area contributed by atoms with Crippen LogP contribution in [0.3, 0.4) is 0 Å². The Balaban J connectivity index is 1.87. The van der Waals surface area contributed by atoms with Crippen molar-refractivity contribution in [2.75, 3.05) is 0 Å². The Labute approximate surface area is 180 Å². The predicted octanol–water partition coefficient (Wildman–Crippen LogP) is 5.62. The maximum atomic E-state index is 13.4. The number of rotatable bonds is 9. The van der Waals surface area contributed by atoms with Crippen molar-refractivity contribution in [3.63, 3.8) is 0 Å². The molecule has 156 valence electrons. The lowest BCUT2D eigenvalue weighted by Gasteiger charge is -2.32. The summed E-state index contributed by atoms with van der Waals surface area (Å²) in [5, 5.41) is 3.18. The molecular formula is C27H32N2O. The van der Waals surface area contributed by atoms with Gasteiger partial charge in [-0.25, -0.2) is 0 Å². The third-order valence-corrected chi connectivity index (χ3v) is 5.30. The second kappa shape index (κ2) is 10.7. The summed E-state index contributed by atoms with van der Waals surface area (Å²) in [6.07, 6.45) is 8.85. The maximum absolute atomic E-state index is 13.4. The van der Waals surface area contributed by atoms with Gasteiger partial charge in [-0.15, -0.1) is 0 Å². The monoisotopic (exact) mass is 400 g/mol. The van der Waals surface area contributed by atoms with Crippen LogP contribution in [0.4, 0.5) is 0 Å². The van der Waals surface area contributed by atoms with Crippen LogP contribution in [0.25, 0.3) is 0 Å². The van der Waals surface area contributed by atoms with Crippen molar-refractivity contribution in [2.45, 2.75) is 46.3 Å². The first kappa shape index (κ1) is 21.8. The van der Waals surface area contributed by atoms with E-state index in [0.717, 1.165) is 30.8 Å². The summed E-state index contributed by atoms with van der Waals surface area (Å²) in [7, 11) is 0. The number of nitrogens with one attached hydrogen (secondary N) is 1. The topological polar surface area (TPSA) is 32.3 Å². The predicted molar refractivity (Wildman–Crippen MR) is 124 cm³/mol. The highest BCUT2D eigenvalue weighted by molar-refractivity contribution is 5.83. The molecule has 3 nitrogen and oxygen atoms in total. The zero-order chi connectivity index (χ0) is 21.3. The molecule has 0 aliphatic heterocycles. The molecular weight excluding hydrogens is 368 g/mol. The Kier molecular flexibility index (Phi) is 7.81. The lowest BCUT2D eigenvalue weighted by Crippen LogP contribution is -2.46. The maximum Gasteiger partial charge on any atom is 0.241 e. The van der Waals surface area contributed by atoms with Gasteiger partial charge in [0.2, 0.25) is 5.91 Å². The van der Waals surface area contributed by atoms with Gasteiger partial charge in [0.1, 0.15) is 0 Å². The molecule has 0 saturated carbocycles. The molecule has 0 heterocycles. The molecule has 1 N–H and O–H groups in total. The lowest BCUT2D eigenvalue weighted by atomic mass is 9.99. The van der Waals surface area contributed by atoms with Crippen molar-refractivity contribution < 1.29 is 4.79 Å².